The van der Waals surface area contributed by atoms with Gasteiger partial charge in [-0.3, -0.25) is 9.59 Å². The first kappa shape index (κ1) is 28.8. The molecule has 0 saturated heterocycles. The molecule has 0 heterocycles. The zero-order valence-electron chi connectivity index (χ0n) is 22.3. The third-order valence-electron chi connectivity index (χ3n) is 6.21. The lowest BCUT2D eigenvalue weighted by molar-refractivity contribution is -0.143. The number of nitrogens with one attached hydrogen (secondary N) is 1. The fourth-order valence-electron chi connectivity index (χ4n) is 4.34. The summed E-state index contributed by atoms with van der Waals surface area (Å²) in [6, 6.07) is 28.6. The van der Waals surface area contributed by atoms with E-state index >= 15 is 0 Å². The summed E-state index contributed by atoms with van der Waals surface area (Å²) < 4.78 is 7.78. The number of carbonyl (C=O) groups is 2. The summed E-state index contributed by atoms with van der Waals surface area (Å²) >= 11 is 7.12. The van der Waals surface area contributed by atoms with E-state index in [1.54, 1.807) is 4.90 Å². The normalized spacial score (nSPS) is 12.1. The predicted molar refractivity (Wildman–Crippen MR) is 164 cm³/mol. The monoisotopic (exact) mass is 650 g/mol. The molecule has 0 unspecified atom stereocenters. The fourth-order valence-corrected chi connectivity index (χ4v) is 5.21. The van der Waals surface area contributed by atoms with Crippen molar-refractivity contribution in [3.63, 3.8) is 0 Å². The molecule has 202 valence electrons. The Morgan fingerprint density at radius 2 is 1.51 bits per heavy atom. The van der Waals surface area contributed by atoms with Crippen molar-refractivity contribution in [2.24, 2.45) is 0 Å². The van der Waals surface area contributed by atoms with Crippen molar-refractivity contribution in [2.45, 2.75) is 45.3 Å². The Balaban J connectivity index is 1.65. The van der Waals surface area contributed by atoms with Crippen LogP contribution in [-0.4, -0.2) is 34.9 Å². The van der Waals surface area contributed by atoms with E-state index in [2.05, 4.69) is 37.2 Å². The second kappa shape index (κ2) is 12.8. The van der Waals surface area contributed by atoms with Gasteiger partial charge in [-0.05, 0) is 76.8 Å². The van der Waals surface area contributed by atoms with Crippen LogP contribution in [0, 0.1) is 0 Å². The Kier molecular flexibility index (Phi) is 9.46. The first-order valence-electron chi connectivity index (χ1n) is 12.8. The molecule has 0 radical (unpaired) electrons. The first-order chi connectivity index (χ1) is 18.6. The van der Waals surface area contributed by atoms with Crippen LogP contribution < -0.4 is 10.1 Å². The SMILES string of the molecule is CC(C)(C)NC(=O)[C@@H](Cc1ccccc1)N(Cc1ccc(Br)cc1)C(=O)COc1ccc2ccccc2c1Br. The van der Waals surface area contributed by atoms with E-state index in [0.29, 0.717) is 12.2 Å². The maximum absolute atomic E-state index is 13.9. The zero-order valence-corrected chi connectivity index (χ0v) is 25.5. The molecule has 0 aliphatic rings. The molecule has 0 bridgehead atoms. The topological polar surface area (TPSA) is 58.6 Å². The second-order valence-electron chi connectivity index (χ2n) is 10.5. The Morgan fingerprint density at radius 1 is 0.846 bits per heavy atom. The zero-order chi connectivity index (χ0) is 28.0. The van der Waals surface area contributed by atoms with E-state index in [1.807, 2.05) is 112 Å². The van der Waals surface area contributed by atoms with Crippen molar-refractivity contribution >= 4 is 54.4 Å². The molecular formula is C32H32Br2N2O3. The van der Waals surface area contributed by atoms with Crippen molar-refractivity contribution in [3.8, 4) is 5.75 Å². The Labute approximate surface area is 246 Å². The summed E-state index contributed by atoms with van der Waals surface area (Å²) in [6.07, 6.45) is 0.380. The van der Waals surface area contributed by atoms with Gasteiger partial charge in [0, 0.05) is 23.0 Å². The predicted octanol–water partition coefficient (Wildman–Crippen LogP) is 7.30. The average Bonchev–Trinajstić information content (AvgIpc) is 2.91. The van der Waals surface area contributed by atoms with E-state index in [-0.39, 0.29) is 25.0 Å². The first-order valence-corrected chi connectivity index (χ1v) is 14.4. The molecule has 0 fully saturated rings. The number of benzene rings is 4. The lowest BCUT2D eigenvalue weighted by Gasteiger charge is -2.33. The van der Waals surface area contributed by atoms with Gasteiger partial charge in [0.1, 0.15) is 11.8 Å². The molecule has 1 N–H and O–H groups in total. The molecular weight excluding hydrogens is 620 g/mol. The third kappa shape index (κ3) is 7.93. The number of amides is 2. The molecule has 0 saturated carbocycles. The standard InChI is InChI=1S/C32H32Br2N2O3/c1-32(2,3)35-31(38)27(19-22-9-5-4-6-10-22)36(20-23-13-16-25(33)17-14-23)29(37)21-39-28-18-15-24-11-7-8-12-26(24)30(28)34/h4-18,27H,19-21H2,1-3H3,(H,35,38)/t27-/m1/s1. The Morgan fingerprint density at radius 3 is 2.21 bits per heavy atom. The average molecular weight is 652 g/mol. The van der Waals surface area contributed by atoms with Crippen molar-refractivity contribution in [3.05, 3.63) is 111 Å². The van der Waals surface area contributed by atoms with Crippen LogP contribution >= 0.6 is 31.9 Å². The lowest BCUT2D eigenvalue weighted by Crippen LogP contribution is -2.55. The number of rotatable bonds is 9. The minimum atomic E-state index is -0.730. The van der Waals surface area contributed by atoms with Crippen molar-refractivity contribution < 1.29 is 14.3 Å². The molecule has 4 aromatic rings. The molecule has 5 nitrogen and oxygen atoms in total. The molecule has 0 aromatic heterocycles. The highest BCUT2D eigenvalue weighted by Crippen LogP contribution is 2.33. The van der Waals surface area contributed by atoms with Gasteiger partial charge in [0.25, 0.3) is 5.91 Å². The van der Waals surface area contributed by atoms with Gasteiger partial charge in [-0.15, -0.1) is 0 Å². The fraction of sp³-hybridized carbons (Fsp3) is 0.250. The van der Waals surface area contributed by atoms with Crippen LogP contribution in [0.2, 0.25) is 0 Å². The van der Waals surface area contributed by atoms with Crippen LogP contribution in [0.5, 0.6) is 5.75 Å². The van der Waals surface area contributed by atoms with Crippen LogP contribution in [0.15, 0.2) is 99.9 Å². The minimum Gasteiger partial charge on any atom is -0.483 e. The van der Waals surface area contributed by atoms with E-state index in [0.717, 1.165) is 30.8 Å². The molecule has 0 spiro atoms. The largest absolute Gasteiger partial charge is 0.483 e. The Hall–Kier alpha value is -3.16. The quantitative estimate of drug-likeness (QED) is 0.207. The number of hydrogen-bond acceptors (Lipinski definition) is 3. The highest BCUT2D eigenvalue weighted by molar-refractivity contribution is 9.11. The number of hydrogen-bond donors (Lipinski definition) is 1. The molecule has 4 rings (SSSR count). The summed E-state index contributed by atoms with van der Waals surface area (Å²) in [7, 11) is 0. The molecule has 39 heavy (non-hydrogen) atoms. The van der Waals surface area contributed by atoms with E-state index in [1.165, 1.54) is 0 Å². The van der Waals surface area contributed by atoms with Gasteiger partial charge >= 0.3 is 0 Å². The molecule has 4 aromatic carbocycles. The van der Waals surface area contributed by atoms with Gasteiger partial charge in [-0.2, -0.15) is 0 Å². The van der Waals surface area contributed by atoms with E-state index in [4.69, 9.17) is 4.74 Å². The molecule has 2 amide bonds. The summed E-state index contributed by atoms with van der Waals surface area (Å²) in [5.74, 6) is 0.0936. The van der Waals surface area contributed by atoms with Crippen LogP contribution in [0.1, 0.15) is 31.9 Å². The van der Waals surface area contributed by atoms with Crippen molar-refractivity contribution in [2.75, 3.05) is 6.61 Å². The number of carbonyl (C=O) groups excluding carboxylic acids is 2. The number of fused-ring (bicyclic) bond motifs is 1. The summed E-state index contributed by atoms with van der Waals surface area (Å²) in [6.45, 7) is 5.87. The second-order valence-corrected chi connectivity index (χ2v) is 12.2. The van der Waals surface area contributed by atoms with Crippen LogP contribution in [0.3, 0.4) is 0 Å². The highest BCUT2D eigenvalue weighted by Gasteiger charge is 2.32. The van der Waals surface area contributed by atoms with Crippen molar-refractivity contribution in [1.82, 2.24) is 10.2 Å². The molecule has 7 heteroatoms. The van der Waals surface area contributed by atoms with Gasteiger partial charge in [-0.25, -0.2) is 0 Å². The van der Waals surface area contributed by atoms with E-state index in [9.17, 15) is 9.59 Å². The van der Waals surface area contributed by atoms with Crippen LogP contribution in [-0.2, 0) is 22.6 Å². The maximum Gasteiger partial charge on any atom is 0.261 e. The van der Waals surface area contributed by atoms with Gasteiger partial charge in [0.05, 0.1) is 4.47 Å². The minimum absolute atomic E-state index is 0.205. The van der Waals surface area contributed by atoms with E-state index < -0.39 is 11.6 Å². The smallest absolute Gasteiger partial charge is 0.261 e. The number of nitrogens with zero attached hydrogens (tertiary/aromatic N) is 1. The maximum atomic E-state index is 13.9. The molecule has 0 aliphatic heterocycles. The van der Waals surface area contributed by atoms with Gasteiger partial charge in [0.2, 0.25) is 5.91 Å². The third-order valence-corrected chi connectivity index (χ3v) is 7.56. The molecule has 0 aliphatic carbocycles. The lowest BCUT2D eigenvalue weighted by atomic mass is 10.0. The van der Waals surface area contributed by atoms with Crippen molar-refractivity contribution in [1.29, 1.82) is 0 Å². The van der Waals surface area contributed by atoms with Crippen LogP contribution in [0.4, 0.5) is 0 Å². The number of halogens is 2. The van der Waals surface area contributed by atoms with Gasteiger partial charge in [-0.1, -0.05) is 88.7 Å². The van der Waals surface area contributed by atoms with Gasteiger partial charge in [0.15, 0.2) is 6.61 Å². The Bertz CT molecular complexity index is 1430. The van der Waals surface area contributed by atoms with Crippen LogP contribution in [0.25, 0.3) is 10.8 Å². The molecule has 1 atom stereocenters. The summed E-state index contributed by atoms with van der Waals surface area (Å²) in [5.41, 5.74) is 1.43. The number of ether oxygens (including phenoxy) is 1. The summed E-state index contributed by atoms with van der Waals surface area (Å²) in [4.78, 5) is 29.2. The highest BCUT2D eigenvalue weighted by atomic mass is 79.9. The van der Waals surface area contributed by atoms with Gasteiger partial charge < -0.3 is 15.0 Å². The summed E-state index contributed by atoms with van der Waals surface area (Å²) in [5, 5.41) is 5.16.